The molecule has 1 saturated heterocycles. The quantitative estimate of drug-likeness (QED) is 0.944. The van der Waals surface area contributed by atoms with Gasteiger partial charge in [-0.3, -0.25) is 4.57 Å². The van der Waals surface area contributed by atoms with Gasteiger partial charge in [0.05, 0.1) is 12.6 Å². The maximum absolute atomic E-state index is 12.3. The molecule has 1 fully saturated rings. The summed E-state index contributed by atoms with van der Waals surface area (Å²) in [5.74, 6) is 1.27. The molecule has 1 N–H and O–H groups in total. The SMILES string of the molecule is COc1cccc2[nH]c(=O)n(CC3CCCN(C(C)C)C3)c12. The van der Waals surface area contributed by atoms with Crippen LogP contribution in [0.2, 0.25) is 0 Å². The summed E-state index contributed by atoms with van der Waals surface area (Å²) >= 11 is 0. The normalized spacial score (nSPS) is 19.9. The Bertz CT molecular complexity index is 701. The minimum atomic E-state index is -0.0406. The number of benzene rings is 1. The molecule has 0 aliphatic carbocycles. The maximum atomic E-state index is 12.3. The number of methoxy groups -OCH3 is 1. The topological polar surface area (TPSA) is 50.3 Å². The number of nitrogens with one attached hydrogen (secondary N) is 1. The molecule has 0 bridgehead atoms. The van der Waals surface area contributed by atoms with Crippen LogP contribution in [0.3, 0.4) is 0 Å². The molecule has 0 amide bonds. The number of hydrogen-bond donors (Lipinski definition) is 1. The van der Waals surface area contributed by atoms with Crippen LogP contribution in [0.15, 0.2) is 23.0 Å². The van der Waals surface area contributed by atoms with Gasteiger partial charge >= 0.3 is 5.69 Å². The van der Waals surface area contributed by atoms with Gasteiger partial charge < -0.3 is 14.6 Å². The zero-order valence-corrected chi connectivity index (χ0v) is 13.6. The average Bonchev–Trinajstić information content (AvgIpc) is 2.83. The highest BCUT2D eigenvalue weighted by molar-refractivity contribution is 5.81. The van der Waals surface area contributed by atoms with Crippen molar-refractivity contribution in [2.24, 2.45) is 5.92 Å². The molecule has 5 nitrogen and oxygen atoms in total. The summed E-state index contributed by atoms with van der Waals surface area (Å²) in [4.78, 5) is 17.8. The van der Waals surface area contributed by atoms with E-state index < -0.39 is 0 Å². The van der Waals surface area contributed by atoms with E-state index in [0.717, 1.165) is 29.9 Å². The molecule has 5 heteroatoms. The van der Waals surface area contributed by atoms with Crippen molar-refractivity contribution < 1.29 is 4.74 Å². The molecule has 1 unspecified atom stereocenters. The van der Waals surface area contributed by atoms with Crippen molar-refractivity contribution in [3.8, 4) is 5.75 Å². The van der Waals surface area contributed by atoms with Gasteiger partial charge in [-0.05, 0) is 51.3 Å². The Balaban J connectivity index is 1.90. The van der Waals surface area contributed by atoms with Crippen LogP contribution in [0.5, 0.6) is 5.75 Å². The van der Waals surface area contributed by atoms with E-state index in [1.54, 1.807) is 7.11 Å². The van der Waals surface area contributed by atoms with Crippen LogP contribution in [0.25, 0.3) is 11.0 Å². The molecule has 1 aliphatic rings. The standard InChI is InChI=1S/C17H25N3O2/c1-12(2)19-9-5-6-13(10-19)11-20-16-14(18-17(20)21)7-4-8-15(16)22-3/h4,7-8,12-13H,5-6,9-11H2,1-3H3,(H,18,21). The summed E-state index contributed by atoms with van der Waals surface area (Å²) in [6.45, 7) is 7.46. The molecule has 1 aromatic heterocycles. The Morgan fingerprint density at radius 3 is 2.95 bits per heavy atom. The second-order valence-electron chi connectivity index (χ2n) is 6.49. The second kappa shape index (κ2) is 6.16. The van der Waals surface area contributed by atoms with Gasteiger partial charge in [0.15, 0.2) is 0 Å². The van der Waals surface area contributed by atoms with Crippen LogP contribution in [-0.2, 0) is 6.54 Å². The summed E-state index contributed by atoms with van der Waals surface area (Å²) in [6.07, 6.45) is 2.38. The number of imidazole rings is 1. The van der Waals surface area contributed by atoms with Crippen LogP contribution >= 0.6 is 0 Å². The number of ether oxygens (including phenoxy) is 1. The molecular formula is C17H25N3O2. The van der Waals surface area contributed by atoms with Crippen LogP contribution in [0.4, 0.5) is 0 Å². The van der Waals surface area contributed by atoms with E-state index in [9.17, 15) is 4.79 Å². The third-order valence-corrected chi connectivity index (χ3v) is 4.70. The Kier molecular flexibility index (Phi) is 4.25. The Morgan fingerprint density at radius 1 is 1.41 bits per heavy atom. The molecule has 1 atom stereocenters. The fourth-order valence-corrected chi connectivity index (χ4v) is 3.50. The molecule has 1 aliphatic heterocycles. The first-order valence-electron chi connectivity index (χ1n) is 8.09. The summed E-state index contributed by atoms with van der Waals surface area (Å²) < 4.78 is 7.29. The third kappa shape index (κ3) is 2.77. The number of likely N-dealkylation sites (tertiary alicyclic amines) is 1. The van der Waals surface area contributed by atoms with Crippen molar-refractivity contribution in [3.05, 3.63) is 28.7 Å². The van der Waals surface area contributed by atoms with Crippen molar-refractivity contribution in [1.82, 2.24) is 14.5 Å². The Hall–Kier alpha value is -1.75. The third-order valence-electron chi connectivity index (χ3n) is 4.70. The van der Waals surface area contributed by atoms with Gasteiger partial charge in [0.25, 0.3) is 0 Å². The van der Waals surface area contributed by atoms with E-state index in [1.165, 1.54) is 19.4 Å². The van der Waals surface area contributed by atoms with E-state index in [1.807, 2.05) is 22.8 Å². The van der Waals surface area contributed by atoms with Crippen LogP contribution in [0.1, 0.15) is 26.7 Å². The van der Waals surface area contributed by atoms with Crippen LogP contribution < -0.4 is 10.4 Å². The molecule has 2 aromatic rings. The fourth-order valence-electron chi connectivity index (χ4n) is 3.50. The molecule has 0 spiro atoms. The first-order chi connectivity index (χ1) is 10.6. The predicted molar refractivity (Wildman–Crippen MR) is 88.5 cm³/mol. The number of nitrogens with zero attached hydrogens (tertiary/aromatic N) is 2. The van der Waals surface area contributed by atoms with E-state index in [4.69, 9.17) is 4.74 Å². The minimum Gasteiger partial charge on any atom is -0.494 e. The van der Waals surface area contributed by atoms with Crippen LogP contribution in [0, 0.1) is 5.92 Å². The van der Waals surface area contributed by atoms with Gasteiger partial charge in [-0.2, -0.15) is 0 Å². The molecule has 0 saturated carbocycles. The number of para-hydroxylation sites is 1. The Morgan fingerprint density at radius 2 is 2.23 bits per heavy atom. The number of aromatic nitrogens is 2. The lowest BCUT2D eigenvalue weighted by Gasteiger charge is -2.35. The van der Waals surface area contributed by atoms with Gasteiger partial charge in [-0.25, -0.2) is 4.79 Å². The van der Waals surface area contributed by atoms with Crippen molar-refractivity contribution in [3.63, 3.8) is 0 Å². The van der Waals surface area contributed by atoms with Crippen molar-refractivity contribution >= 4 is 11.0 Å². The monoisotopic (exact) mass is 303 g/mol. The molecular weight excluding hydrogens is 278 g/mol. The first kappa shape index (κ1) is 15.2. The highest BCUT2D eigenvalue weighted by Crippen LogP contribution is 2.26. The fraction of sp³-hybridized carbons (Fsp3) is 0.588. The lowest BCUT2D eigenvalue weighted by atomic mass is 9.97. The Labute approximate surface area is 130 Å². The van der Waals surface area contributed by atoms with Gasteiger partial charge in [0.1, 0.15) is 11.3 Å². The lowest BCUT2D eigenvalue weighted by Crippen LogP contribution is -2.41. The zero-order valence-electron chi connectivity index (χ0n) is 13.6. The maximum Gasteiger partial charge on any atom is 0.326 e. The molecule has 2 heterocycles. The molecule has 1 aromatic carbocycles. The van der Waals surface area contributed by atoms with Gasteiger partial charge in [-0.1, -0.05) is 6.07 Å². The highest BCUT2D eigenvalue weighted by atomic mass is 16.5. The van der Waals surface area contributed by atoms with Crippen molar-refractivity contribution in [1.29, 1.82) is 0 Å². The van der Waals surface area contributed by atoms with E-state index >= 15 is 0 Å². The largest absolute Gasteiger partial charge is 0.494 e. The van der Waals surface area contributed by atoms with Crippen molar-refractivity contribution in [2.75, 3.05) is 20.2 Å². The minimum absolute atomic E-state index is 0.0406. The van der Waals surface area contributed by atoms with Crippen LogP contribution in [-0.4, -0.2) is 40.7 Å². The van der Waals surface area contributed by atoms with E-state index in [0.29, 0.717) is 12.0 Å². The average molecular weight is 303 g/mol. The number of hydrogen-bond acceptors (Lipinski definition) is 3. The highest BCUT2D eigenvalue weighted by Gasteiger charge is 2.23. The van der Waals surface area contributed by atoms with Gasteiger partial charge in [0.2, 0.25) is 0 Å². The number of piperidine rings is 1. The number of rotatable bonds is 4. The number of H-pyrrole nitrogens is 1. The summed E-state index contributed by atoms with van der Waals surface area (Å²) in [7, 11) is 1.65. The van der Waals surface area contributed by atoms with Gasteiger partial charge in [-0.15, -0.1) is 0 Å². The van der Waals surface area contributed by atoms with E-state index in [-0.39, 0.29) is 5.69 Å². The number of aromatic amines is 1. The predicted octanol–water partition coefficient (Wildman–Crippen LogP) is 2.46. The molecule has 120 valence electrons. The molecule has 3 rings (SSSR count). The summed E-state index contributed by atoms with van der Waals surface area (Å²) in [5, 5.41) is 0. The number of fused-ring (bicyclic) bond motifs is 1. The molecule has 22 heavy (non-hydrogen) atoms. The van der Waals surface area contributed by atoms with E-state index in [2.05, 4.69) is 23.7 Å². The summed E-state index contributed by atoms with van der Waals surface area (Å²) in [6, 6.07) is 6.31. The zero-order chi connectivity index (χ0) is 15.7. The second-order valence-corrected chi connectivity index (χ2v) is 6.49. The smallest absolute Gasteiger partial charge is 0.326 e. The molecule has 0 radical (unpaired) electrons. The summed E-state index contributed by atoms with van der Waals surface area (Å²) in [5.41, 5.74) is 1.69. The lowest BCUT2D eigenvalue weighted by molar-refractivity contribution is 0.131. The first-order valence-corrected chi connectivity index (χ1v) is 8.09. The van der Waals surface area contributed by atoms with Gasteiger partial charge in [0, 0.05) is 19.1 Å². The van der Waals surface area contributed by atoms with Crippen molar-refractivity contribution in [2.45, 2.75) is 39.3 Å².